The number of carbonyl (C=O) groups is 1. The van der Waals surface area contributed by atoms with E-state index in [-0.39, 0.29) is 11.6 Å². The molecule has 162 valence electrons. The number of nitrogens with one attached hydrogen (secondary N) is 1. The second-order valence-electron chi connectivity index (χ2n) is 6.69. The van der Waals surface area contributed by atoms with Crippen LogP contribution in [0.1, 0.15) is 11.1 Å². The standard InChI is InChI=1S/C21H15F3N6O2/c22-21(23,24)17-2-1-3-18(10-17)27-20(31)28-19-13-30(29-32-19)12-14-4-6-15(7-5-14)16-8-9-25-26-11-16/h1-11,13H,12H2,(H-,27,28,29,31). The fourth-order valence-electron chi connectivity index (χ4n) is 2.87. The van der Waals surface area contributed by atoms with E-state index in [1.165, 1.54) is 23.0 Å². The zero-order valence-electron chi connectivity index (χ0n) is 16.3. The van der Waals surface area contributed by atoms with Crippen LogP contribution in [0.3, 0.4) is 0 Å². The Balaban J connectivity index is 1.35. The molecule has 0 fully saturated rings. The first-order valence-corrected chi connectivity index (χ1v) is 9.29. The van der Waals surface area contributed by atoms with Gasteiger partial charge >= 0.3 is 6.18 Å². The predicted octanol–water partition coefficient (Wildman–Crippen LogP) is 4.72. The molecule has 0 radical (unpaired) electrons. The van der Waals surface area contributed by atoms with Crippen molar-refractivity contribution in [2.75, 3.05) is 5.32 Å². The number of amides is 2. The number of aromatic nitrogens is 4. The van der Waals surface area contributed by atoms with Crippen LogP contribution in [0.5, 0.6) is 0 Å². The number of urea groups is 1. The number of rotatable bonds is 5. The summed E-state index contributed by atoms with van der Waals surface area (Å²) in [5.41, 5.74) is 1.93. The largest absolute Gasteiger partial charge is 0.424 e. The second kappa shape index (κ2) is 8.84. The third kappa shape index (κ3) is 5.25. The zero-order valence-corrected chi connectivity index (χ0v) is 16.3. The number of anilines is 1. The maximum absolute atomic E-state index is 12.8. The van der Waals surface area contributed by atoms with Gasteiger partial charge in [0.1, 0.15) is 0 Å². The summed E-state index contributed by atoms with van der Waals surface area (Å²) in [6, 6.07) is 12.9. The van der Waals surface area contributed by atoms with Crippen molar-refractivity contribution in [3.05, 3.63) is 89.6 Å². The lowest BCUT2D eigenvalue weighted by Gasteiger charge is -2.15. The summed E-state index contributed by atoms with van der Waals surface area (Å²) in [4.78, 5) is 12.0. The Morgan fingerprint density at radius 2 is 1.88 bits per heavy atom. The molecule has 8 nitrogen and oxygen atoms in total. The molecule has 2 aromatic heterocycles. The summed E-state index contributed by atoms with van der Waals surface area (Å²) in [6.45, 7) is 0.364. The fraction of sp³-hybridized carbons (Fsp3) is 0.0952. The molecule has 2 aromatic carbocycles. The van der Waals surface area contributed by atoms with Crippen LogP contribution in [-0.2, 0) is 12.7 Å². The molecule has 4 rings (SSSR count). The third-order valence-electron chi connectivity index (χ3n) is 4.37. The Hall–Kier alpha value is -4.28. The van der Waals surface area contributed by atoms with Crippen molar-refractivity contribution >= 4 is 17.6 Å². The van der Waals surface area contributed by atoms with Crippen molar-refractivity contribution in [1.29, 1.82) is 0 Å². The summed E-state index contributed by atoms with van der Waals surface area (Å²) < 4.78 is 44.8. The number of nitrogens with zero attached hydrogens (tertiary/aromatic N) is 5. The summed E-state index contributed by atoms with van der Waals surface area (Å²) >= 11 is 0. The molecule has 2 heterocycles. The SMILES string of the molecule is O=C([N-]c1c[n+](Cc2ccc(-c3ccnnc3)cc2)no1)Nc1cccc(C(F)(F)F)c1. The molecule has 0 unspecified atom stereocenters. The Labute approximate surface area is 179 Å². The molecule has 0 aliphatic carbocycles. The van der Waals surface area contributed by atoms with Crippen molar-refractivity contribution in [3.63, 3.8) is 0 Å². The minimum absolute atomic E-state index is 0.0366. The highest BCUT2D eigenvalue weighted by atomic mass is 19.4. The highest BCUT2D eigenvalue weighted by molar-refractivity contribution is 6.03. The first-order chi connectivity index (χ1) is 15.4. The van der Waals surface area contributed by atoms with E-state index in [0.717, 1.165) is 28.8 Å². The van der Waals surface area contributed by atoms with Crippen LogP contribution in [0.25, 0.3) is 16.4 Å². The van der Waals surface area contributed by atoms with Gasteiger partial charge < -0.3 is 15.2 Å². The Kier molecular flexibility index (Phi) is 5.79. The summed E-state index contributed by atoms with van der Waals surface area (Å²) in [6.07, 6.45) is 0.177. The average molecular weight is 440 g/mol. The van der Waals surface area contributed by atoms with Gasteiger partial charge in [-0.25, -0.2) is 0 Å². The topological polar surface area (TPSA) is 98.9 Å². The van der Waals surface area contributed by atoms with Gasteiger partial charge in [-0.05, 0) is 28.1 Å². The van der Waals surface area contributed by atoms with Gasteiger partial charge in [0.15, 0.2) is 11.3 Å². The number of alkyl halides is 3. The van der Waals surface area contributed by atoms with Crippen LogP contribution in [0, 0.1) is 0 Å². The molecule has 4 aromatic rings. The van der Waals surface area contributed by atoms with Gasteiger partial charge in [0.05, 0.1) is 18.0 Å². The summed E-state index contributed by atoms with van der Waals surface area (Å²) in [7, 11) is 0. The molecule has 0 spiro atoms. The zero-order chi connectivity index (χ0) is 22.6. The summed E-state index contributed by atoms with van der Waals surface area (Å²) in [5.74, 6) is -0.0889. The van der Waals surface area contributed by atoms with E-state index in [2.05, 4.69) is 26.1 Å². The van der Waals surface area contributed by atoms with Crippen LogP contribution in [0.4, 0.5) is 29.5 Å². The molecule has 0 aliphatic rings. The number of hydrogen-bond donors (Lipinski definition) is 1. The molecule has 0 saturated heterocycles. The molecule has 2 amide bonds. The highest BCUT2D eigenvalue weighted by Crippen LogP contribution is 2.31. The number of halogens is 3. The lowest BCUT2D eigenvalue weighted by atomic mass is 10.1. The minimum atomic E-state index is -4.51. The molecule has 0 aliphatic heterocycles. The first-order valence-electron chi connectivity index (χ1n) is 9.29. The molecular formula is C21H15F3N6O2. The number of carbonyl (C=O) groups excluding carboxylic acids is 1. The van der Waals surface area contributed by atoms with Crippen molar-refractivity contribution in [2.45, 2.75) is 12.7 Å². The Bertz CT molecular complexity index is 1210. The van der Waals surface area contributed by atoms with Gasteiger partial charge in [-0.15, -0.1) is 0 Å². The van der Waals surface area contributed by atoms with Crippen LogP contribution < -0.4 is 10.00 Å². The molecule has 1 N–H and O–H groups in total. The van der Waals surface area contributed by atoms with Gasteiger partial charge in [-0.2, -0.15) is 23.4 Å². The molecular weight excluding hydrogens is 425 g/mol. The van der Waals surface area contributed by atoms with E-state index >= 15 is 0 Å². The minimum Gasteiger partial charge on any atom is -0.424 e. The summed E-state index contributed by atoms with van der Waals surface area (Å²) in [5, 5.41) is 17.3. The monoisotopic (exact) mass is 440 g/mol. The quantitative estimate of drug-likeness (QED) is 0.453. The van der Waals surface area contributed by atoms with E-state index in [9.17, 15) is 18.0 Å². The van der Waals surface area contributed by atoms with E-state index in [0.29, 0.717) is 6.54 Å². The van der Waals surface area contributed by atoms with Crippen LogP contribution >= 0.6 is 0 Å². The average Bonchev–Trinajstić information content (AvgIpc) is 3.21. The Morgan fingerprint density at radius 3 is 2.59 bits per heavy atom. The normalized spacial score (nSPS) is 11.2. The van der Waals surface area contributed by atoms with Gasteiger partial charge in [0.2, 0.25) is 18.6 Å². The van der Waals surface area contributed by atoms with Crippen molar-refractivity contribution in [3.8, 4) is 11.1 Å². The third-order valence-corrected chi connectivity index (χ3v) is 4.37. The van der Waals surface area contributed by atoms with Gasteiger partial charge in [0.25, 0.3) is 0 Å². The molecule has 0 atom stereocenters. The predicted molar refractivity (Wildman–Crippen MR) is 107 cm³/mol. The molecule has 0 saturated carbocycles. The number of benzene rings is 2. The highest BCUT2D eigenvalue weighted by Gasteiger charge is 2.30. The molecule has 0 bridgehead atoms. The van der Waals surface area contributed by atoms with E-state index in [1.807, 2.05) is 30.3 Å². The lowest BCUT2D eigenvalue weighted by molar-refractivity contribution is -0.754. The first kappa shape index (κ1) is 21.0. The van der Waals surface area contributed by atoms with E-state index in [1.54, 1.807) is 12.4 Å². The molecule has 32 heavy (non-hydrogen) atoms. The molecule has 11 heteroatoms. The van der Waals surface area contributed by atoms with Gasteiger partial charge in [-0.1, -0.05) is 42.5 Å². The lowest BCUT2D eigenvalue weighted by Crippen LogP contribution is -2.35. The van der Waals surface area contributed by atoms with Gasteiger partial charge in [0, 0.05) is 11.1 Å². The van der Waals surface area contributed by atoms with Crippen molar-refractivity contribution in [2.24, 2.45) is 0 Å². The number of hydrogen-bond acceptors (Lipinski definition) is 5. The van der Waals surface area contributed by atoms with Crippen LogP contribution in [0.15, 0.2) is 77.7 Å². The van der Waals surface area contributed by atoms with E-state index in [4.69, 9.17) is 4.52 Å². The second-order valence-corrected chi connectivity index (χ2v) is 6.69. The Morgan fingerprint density at radius 1 is 1.06 bits per heavy atom. The maximum atomic E-state index is 12.8. The van der Waals surface area contributed by atoms with Crippen LogP contribution in [-0.4, -0.2) is 21.5 Å². The fourth-order valence-corrected chi connectivity index (χ4v) is 2.87. The van der Waals surface area contributed by atoms with Gasteiger partial charge in [-0.3, -0.25) is 4.79 Å². The smallest absolute Gasteiger partial charge is 0.416 e. The van der Waals surface area contributed by atoms with E-state index < -0.39 is 17.8 Å². The van der Waals surface area contributed by atoms with Crippen molar-refractivity contribution in [1.82, 2.24) is 15.5 Å². The maximum Gasteiger partial charge on any atom is 0.416 e. The van der Waals surface area contributed by atoms with Crippen molar-refractivity contribution < 1.29 is 27.2 Å². The van der Waals surface area contributed by atoms with Crippen LogP contribution in [0.2, 0.25) is 0 Å².